The van der Waals surface area contributed by atoms with Crippen molar-refractivity contribution in [3.63, 3.8) is 0 Å². The number of rotatable bonds is 3. The fourth-order valence-corrected chi connectivity index (χ4v) is 3.83. The SMILES string of the molecule is N=C1CCCC=Nc2c1ncn2Cc1oc2ccccc2c(=O)c1-c1ccccc1. The van der Waals surface area contributed by atoms with Gasteiger partial charge in [0.1, 0.15) is 17.0 Å². The zero-order chi connectivity index (χ0) is 20.5. The van der Waals surface area contributed by atoms with Crippen LogP contribution < -0.4 is 5.43 Å². The number of hydrogen-bond donors (Lipinski definition) is 1. The Balaban J connectivity index is 1.70. The smallest absolute Gasteiger partial charge is 0.200 e. The number of benzene rings is 2. The summed E-state index contributed by atoms with van der Waals surface area (Å²) in [6, 6.07) is 16.9. The lowest BCUT2D eigenvalue weighted by Gasteiger charge is -2.13. The number of fused-ring (bicyclic) bond motifs is 2. The van der Waals surface area contributed by atoms with Crippen molar-refractivity contribution in [2.24, 2.45) is 4.99 Å². The van der Waals surface area contributed by atoms with E-state index in [0.717, 1.165) is 18.4 Å². The van der Waals surface area contributed by atoms with Crippen LogP contribution in [0.25, 0.3) is 22.1 Å². The van der Waals surface area contributed by atoms with Crippen LogP contribution in [0.2, 0.25) is 0 Å². The second kappa shape index (κ2) is 7.55. The van der Waals surface area contributed by atoms with Gasteiger partial charge in [-0.15, -0.1) is 0 Å². The quantitative estimate of drug-likeness (QED) is 0.531. The first kappa shape index (κ1) is 18.2. The minimum Gasteiger partial charge on any atom is -0.458 e. The van der Waals surface area contributed by atoms with Crippen LogP contribution in [0, 0.1) is 5.41 Å². The van der Waals surface area contributed by atoms with Crippen molar-refractivity contribution in [3.05, 3.63) is 82.6 Å². The van der Waals surface area contributed by atoms with E-state index in [0.29, 0.717) is 52.5 Å². The van der Waals surface area contributed by atoms with Crippen LogP contribution in [0.1, 0.15) is 30.7 Å². The number of para-hydroxylation sites is 1. The molecule has 0 aliphatic carbocycles. The summed E-state index contributed by atoms with van der Waals surface area (Å²) in [5.41, 5.74) is 2.93. The van der Waals surface area contributed by atoms with Crippen LogP contribution in [0.15, 0.2) is 75.1 Å². The molecule has 30 heavy (non-hydrogen) atoms. The Bertz CT molecular complexity index is 1330. The molecule has 0 atom stereocenters. The topological polar surface area (TPSA) is 84.2 Å². The number of nitrogens with zero attached hydrogens (tertiary/aromatic N) is 3. The van der Waals surface area contributed by atoms with E-state index in [2.05, 4.69) is 9.98 Å². The van der Waals surface area contributed by atoms with Gasteiger partial charge in [0.15, 0.2) is 5.82 Å². The lowest BCUT2D eigenvalue weighted by atomic mass is 10.0. The predicted octanol–water partition coefficient (Wildman–Crippen LogP) is 4.96. The number of hydrogen-bond acceptors (Lipinski definition) is 5. The van der Waals surface area contributed by atoms with Gasteiger partial charge in [-0.3, -0.25) is 4.79 Å². The van der Waals surface area contributed by atoms with E-state index in [-0.39, 0.29) is 5.43 Å². The average molecular weight is 396 g/mol. The van der Waals surface area contributed by atoms with Gasteiger partial charge in [0.05, 0.1) is 29.5 Å². The molecule has 2 aromatic heterocycles. The highest BCUT2D eigenvalue weighted by molar-refractivity contribution is 6.01. The van der Waals surface area contributed by atoms with Crippen LogP contribution in [-0.2, 0) is 6.54 Å². The predicted molar refractivity (Wildman–Crippen MR) is 118 cm³/mol. The Kier molecular flexibility index (Phi) is 4.59. The van der Waals surface area contributed by atoms with E-state index in [4.69, 9.17) is 9.83 Å². The van der Waals surface area contributed by atoms with Gasteiger partial charge in [0, 0.05) is 6.21 Å². The molecule has 5 rings (SSSR count). The molecule has 1 aliphatic heterocycles. The Hall–Kier alpha value is -3.80. The van der Waals surface area contributed by atoms with Crippen molar-refractivity contribution in [1.29, 1.82) is 5.41 Å². The van der Waals surface area contributed by atoms with Crippen LogP contribution in [-0.4, -0.2) is 21.5 Å². The van der Waals surface area contributed by atoms with E-state index in [1.54, 1.807) is 18.5 Å². The molecule has 0 fully saturated rings. The highest BCUT2D eigenvalue weighted by atomic mass is 16.3. The molecule has 0 bridgehead atoms. The molecule has 2 aromatic carbocycles. The molecular weight excluding hydrogens is 376 g/mol. The number of nitrogens with one attached hydrogen (secondary N) is 1. The summed E-state index contributed by atoms with van der Waals surface area (Å²) in [6.07, 6.45) is 5.94. The molecule has 1 aliphatic rings. The van der Waals surface area contributed by atoms with Crippen molar-refractivity contribution < 1.29 is 4.42 Å². The third-order valence-corrected chi connectivity index (χ3v) is 5.32. The summed E-state index contributed by atoms with van der Waals surface area (Å²) >= 11 is 0. The molecule has 0 unspecified atom stereocenters. The second-order valence-corrected chi connectivity index (χ2v) is 7.32. The minimum absolute atomic E-state index is 0.0581. The molecule has 4 aromatic rings. The van der Waals surface area contributed by atoms with Crippen molar-refractivity contribution in [2.75, 3.05) is 0 Å². The highest BCUT2D eigenvalue weighted by Gasteiger charge is 2.20. The number of imidazole rings is 1. The second-order valence-electron chi connectivity index (χ2n) is 7.32. The monoisotopic (exact) mass is 396 g/mol. The van der Waals surface area contributed by atoms with Crippen molar-refractivity contribution in [2.45, 2.75) is 25.8 Å². The largest absolute Gasteiger partial charge is 0.458 e. The van der Waals surface area contributed by atoms with Gasteiger partial charge in [-0.05, 0) is 37.0 Å². The normalized spacial score (nSPS) is 13.8. The minimum atomic E-state index is -0.0581. The third-order valence-electron chi connectivity index (χ3n) is 5.32. The maximum atomic E-state index is 13.4. The van der Waals surface area contributed by atoms with Crippen LogP contribution in [0.4, 0.5) is 5.82 Å². The van der Waals surface area contributed by atoms with Gasteiger partial charge in [-0.2, -0.15) is 0 Å². The van der Waals surface area contributed by atoms with E-state index >= 15 is 0 Å². The van der Waals surface area contributed by atoms with Crippen molar-refractivity contribution in [1.82, 2.24) is 9.55 Å². The zero-order valence-corrected chi connectivity index (χ0v) is 16.3. The third kappa shape index (κ3) is 3.16. The lowest BCUT2D eigenvalue weighted by molar-refractivity contribution is 0.519. The van der Waals surface area contributed by atoms with Gasteiger partial charge in [-0.1, -0.05) is 42.5 Å². The van der Waals surface area contributed by atoms with E-state index < -0.39 is 0 Å². The first-order valence-electron chi connectivity index (χ1n) is 9.98. The summed E-state index contributed by atoms with van der Waals surface area (Å²) in [4.78, 5) is 22.4. The van der Waals surface area contributed by atoms with E-state index in [1.807, 2.05) is 53.2 Å². The summed E-state index contributed by atoms with van der Waals surface area (Å²) < 4.78 is 8.07. The van der Waals surface area contributed by atoms with E-state index in [1.165, 1.54) is 0 Å². The van der Waals surface area contributed by atoms with Crippen LogP contribution >= 0.6 is 0 Å². The molecule has 0 spiro atoms. The maximum Gasteiger partial charge on any atom is 0.200 e. The average Bonchev–Trinajstić information content (AvgIpc) is 3.14. The summed E-state index contributed by atoms with van der Waals surface area (Å²) in [6.45, 7) is 0.303. The molecular formula is C24H20N4O2. The fourth-order valence-electron chi connectivity index (χ4n) is 3.83. The molecule has 6 nitrogen and oxygen atoms in total. The van der Waals surface area contributed by atoms with Crippen LogP contribution in [0.3, 0.4) is 0 Å². The summed E-state index contributed by atoms with van der Waals surface area (Å²) in [7, 11) is 0. The molecule has 1 N–H and O–H groups in total. The molecule has 6 heteroatoms. The summed E-state index contributed by atoms with van der Waals surface area (Å²) in [5.74, 6) is 1.18. The van der Waals surface area contributed by atoms with E-state index in [9.17, 15) is 4.79 Å². The Morgan fingerprint density at radius 1 is 1.07 bits per heavy atom. The lowest BCUT2D eigenvalue weighted by Crippen LogP contribution is -2.12. The standard InChI is InChI=1S/C24H20N4O2/c25-18-11-6-7-13-26-24-22(18)27-15-28(24)14-20-21(16-8-2-1-3-9-16)23(29)17-10-4-5-12-19(17)30-20/h1-5,8-10,12-13,15,25H,6-7,11,14H2. The Morgan fingerprint density at radius 3 is 2.73 bits per heavy atom. The molecule has 148 valence electrons. The molecule has 3 heterocycles. The first-order chi connectivity index (χ1) is 14.7. The Labute approximate surface area is 173 Å². The van der Waals surface area contributed by atoms with Crippen LogP contribution in [0.5, 0.6) is 0 Å². The van der Waals surface area contributed by atoms with Gasteiger partial charge in [0.25, 0.3) is 0 Å². The first-order valence-corrected chi connectivity index (χ1v) is 9.98. The molecule has 0 saturated heterocycles. The number of aromatic nitrogens is 2. The van der Waals surface area contributed by atoms with Gasteiger partial charge in [-0.25, -0.2) is 9.98 Å². The maximum absolute atomic E-state index is 13.4. The van der Waals surface area contributed by atoms with Gasteiger partial charge in [0.2, 0.25) is 5.43 Å². The fraction of sp³-hybridized carbons (Fsp3) is 0.167. The summed E-state index contributed by atoms with van der Waals surface area (Å²) in [5, 5.41) is 8.85. The highest BCUT2D eigenvalue weighted by Crippen LogP contribution is 2.28. The Morgan fingerprint density at radius 2 is 1.87 bits per heavy atom. The molecule has 0 radical (unpaired) electrons. The molecule has 0 amide bonds. The van der Waals surface area contributed by atoms with Crippen molar-refractivity contribution in [3.8, 4) is 11.1 Å². The van der Waals surface area contributed by atoms with Gasteiger partial charge < -0.3 is 14.4 Å². The van der Waals surface area contributed by atoms with Gasteiger partial charge >= 0.3 is 0 Å². The molecule has 0 saturated carbocycles. The van der Waals surface area contributed by atoms with Crippen molar-refractivity contribution >= 4 is 28.7 Å². The number of aliphatic imine (C=N–C) groups is 1. The zero-order valence-electron chi connectivity index (χ0n) is 16.3.